The molecule has 0 heterocycles. The van der Waals surface area contributed by atoms with Crippen molar-refractivity contribution in [2.24, 2.45) is 0 Å². The van der Waals surface area contributed by atoms with Crippen LogP contribution >= 0.6 is 0 Å². The van der Waals surface area contributed by atoms with E-state index in [2.05, 4.69) is 25.7 Å². The Labute approximate surface area is 79.2 Å². The zero-order valence-corrected chi connectivity index (χ0v) is 8.42. The van der Waals surface area contributed by atoms with Gasteiger partial charge in [0.05, 0.1) is 0 Å². The second-order valence-electron chi connectivity index (χ2n) is 3.36. The van der Waals surface area contributed by atoms with Crippen LogP contribution in [0.5, 0.6) is 0 Å². The van der Waals surface area contributed by atoms with Crippen LogP contribution in [0, 0.1) is 5.82 Å². The summed E-state index contributed by atoms with van der Waals surface area (Å²) >= 11 is 0. The molecule has 0 aliphatic heterocycles. The van der Waals surface area contributed by atoms with E-state index in [1.54, 1.807) is 12.1 Å². The number of halogens is 1. The van der Waals surface area contributed by atoms with E-state index in [1.165, 1.54) is 6.07 Å². The third-order valence-electron chi connectivity index (χ3n) is 2.10. The predicted octanol–water partition coefficient (Wildman–Crippen LogP) is 3.06. The van der Waals surface area contributed by atoms with Crippen molar-refractivity contribution in [3.05, 3.63) is 30.1 Å². The van der Waals surface area contributed by atoms with Crippen molar-refractivity contribution in [1.82, 2.24) is 0 Å². The molecule has 72 valence electrons. The van der Waals surface area contributed by atoms with Crippen LogP contribution in [0.25, 0.3) is 0 Å². The van der Waals surface area contributed by atoms with Crippen molar-refractivity contribution >= 4 is 5.69 Å². The maximum absolute atomic E-state index is 12.9. The van der Waals surface area contributed by atoms with Gasteiger partial charge in [-0.05, 0) is 39.0 Å². The van der Waals surface area contributed by atoms with Crippen molar-refractivity contribution < 1.29 is 4.39 Å². The zero-order chi connectivity index (χ0) is 9.84. The average Bonchev–Trinajstić information content (AvgIpc) is 2.04. The lowest BCUT2D eigenvalue weighted by atomic mass is 10.2. The number of hydrogen-bond donors (Lipinski definition) is 0. The first-order valence-electron chi connectivity index (χ1n) is 4.67. The Morgan fingerprint density at radius 1 is 1.38 bits per heavy atom. The molecule has 0 fully saturated rings. The van der Waals surface area contributed by atoms with Gasteiger partial charge in [-0.1, -0.05) is 6.07 Å². The second kappa shape index (κ2) is 4.26. The van der Waals surface area contributed by atoms with Gasteiger partial charge in [0.15, 0.2) is 0 Å². The largest absolute Gasteiger partial charge is 0.369 e. The number of anilines is 1. The van der Waals surface area contributed by atoms with Crippen molar-refractivity contribution in [2.75, 3.05) is 11.4 Å². The summed E-state index contributed by atoms with van der Waals surface area (Å²) in [7, 11) is 0. The van der Waals surface area contributed by atoms with Gasteiger partial charge in [0.25, 0.3) is 0 Å². The highest BCUT2D eigenvalue weighted by atomic mass is 19.1. The number of nitrogens with zero attached hydrogens (tertiary/aromatic N) is 1. The van der Waals surface area contributed by atoms with Gasteiger partial charge in [0, 0.05) is 18.3 Å². The maximum Gasteiger partial charge on any atom is 0.125 e. The highest BCUT2D eigenvalue weighted by Crippen LogP contribution is 2.17. The monoisotopic (exact) mass is 181 g/mol. The lowest BCUT2D eigenvalue weighted by Crippen LogP contribution is -2.30. The van der Waals surface area contributed by atoms with E-state index in [4.69, 9.17) is 0 Å². The third-order valence-corrected chi connectivity index (χ3v) is 2.10. The van der Waals surface area contributed by atoms with Gasteiger partial charge < -0.3 is 4.90 Å². The molecule has 1 rings (SSSR count). The number of benzene rings is 1. The molecule has 0 aliphatic carbocycles. The van der Waals surface area contributed by atoms with Gasteiger partial charge in [-0.25, -0.2) is 4.39 Å². The Morgan fingerprint density at radius 2 is 2.08 bits per heavy atom. The molecule has 0 N–H and O–H groups in total. The van der Waals surface area contributed by atoms with Gasteiger partial charge in [-0.15, -0.1) is 0 Å². The Morgan fingerprint density at radius 3 is 2.54 bits per heavy atom. The second-order valence-corrected chi connectivity index (χ2v) is 3.36. The van der Waals surface area contributed by atoms with Gasteiger partial charge >= 0.3 is 0 Å². The first-order chi connectivity index (χ1) is 6.15. The fraction of sp³-hybridized carbons (Fsp3) is 0.455. The minimum absolute atomic E-state index is 0.170. The van der Waals surface area contributed by atoms with Crippen molar-refractivity contribution in [3.8, 4) is 0 Å². The van der Waals surface area contributed by atoms with E-state index >= 15 is 0 Å². The molecule has 1 nitrogen and oxygen atoms in total. The van der Waals surface area contributed by atoms with E-state index in [0.29, 0.717) is 6.04 Å². The highest BCUT2D eigenvalue weighted by Gasteiger charge is 2.07. The molecule has 0 aromatic heterocycles. The van der Waals surface area contributed by atoms with E-state index in [-0.39, 0.29) is 5.82 Å². The Balaban J connectivity index is 2.91. The summed E-state index contributed by atoms with van der Waals surface area (Å²) < 4.78 is 12.9. The molecule has 0 amide bonds. The minimum atomic E-state index is -0.170. The molecule has 0 saturated heterocycles. The quantitative estimate of drug-likeness (QED) is 0.692. The Bertz CT molecular complexity index is 271. The molecule has 0 spiro atoms. The molecular weight excluding hydrogens is 165 g/mol. The lowest BCUT2D eigenvalue weighted by Gasteiger charge is -2.27. The van der Waals surface area contributed by atoms with Crippen LogP contribution < -0.4 is 4.90 Å². The molecule has 0 atom stereocenters. The molecule has 0 saturated carbocycles. The predicted molar refractivity (Wildman–Crippen MR) is 54.6 cm³/mol. The summed E-state index contributed by atoms with van der Waals surface area (Å²) in [5.41, 5.74) is 0.956. The molecular formula is C11H16FN. The van der Waals surface area contributed by atoms with Crippen LogP contribution in [0.1, 0.15) is 20.8 Å². The third kappa shape index (κ3) is 2.44. The summed E-state index contributed by atoms with van der Waals surface area (Å²) in [4.78, 5) is 2.16. The minimum Gasteiger partial charge on any atom is -0.369 e. The first kappa shape index (κ1) is 10.0. The molecule has 0 aliphatic rings. The van der Waals surface area contributed by atoms with Crippen LogP contribution in [0.4, 0.5) is 10.1 Å². The van der Waals surface area contributed by atoms with Crippen LogP contribution in [-0.4, -0.2) is 12.6 Å². The molecule has 13 heavy (non-hydrogen) atoms. The number of rotatable bonds is 3. The standard InChI is InChI=1S/C11H16FN/c1-4-13(9(2)3)11-7-5-6-10(12)8-11/h5-9H,4H2,1-3H3. The SMILES string of the molecule is CCN(c1cccc(F)c1)C(C)C. The Kier molecular flexibility index (Phi) is 3.29. The molecule has 0 bridgehead atoms. The Hall–Kier alpha value is -1.05. The topological polar surface area (TPSA) is 3.24 Å². The molecule has 1 aromatic carbocycles. The summed E-state index contributed by atoms with van der Waals surface area (Å²) in [6, 6.07) is 7.13. The zero-order valence-electron chi connectivity index (χ0n) is 8.42. The normalized spacial score (nSPS) is 10.5. The fourth-order valence-corrected chi connectivity index (χ4v) is 1.50. The molecule has 0 unspecified atom stereocenters. The van der Waals surface area contributed by atoms with Gasteiger partial charge in [0.1, 0.15) is 5.82 Å². The molecule has 0 radical (unpaired) electrons. The summed E-state index contributed by atoms with van der Waals surface area (Å²) in [6.07, 6.45) is 0. The van der Waals surface area contributed by atoms with E-state index < -0.39 is 0 Å². The van der Waals surface area contributed by atoms with Crippen LogP contribution in [0.3, 0.4) is 0 Å². The fourth-order valence-electron chi connectivity index (χ4n) is 1.50. The van der Waals surface area contributed by atoms with Crippen molar-refractivity contribution in [1.29, 1.82) is 0 Å². The van der Waals surface area contributed by atoms with Gasteiger partial charge in [-0.3, -0.25) is 0 Å². The average molecular weight is 181 g/mol. The highest BCUT2D eigenvalue weighted by molar-refractivity contribution is 5.46. The van der Waals surface area contributed by atoms with Crippen molar-refractivity contribution in [2.45, 2.75) is 26.8 Å². The number of hydrogen-bond acceptors (Lipinski definition) is 1. The van der Waals surface area contributed by atoms with Gasteiger partial charge in [0.2, 0.25) is 0 Å². The summed E-state index contributed by atoms with van der Waals surface area (Å²) in [6.45, 7) is 7.19. The smallest absolute Gasteiger partial charge is 0.125 e. The lowest BCUT2D eigenvalue weighted by molar-refractivity contribution is 0.624. The maximum atomic E-state index is 12.9. The van der Waals surface area contributed by atoms with E-state index in [0.717, 1.165) is 12.2 Å². The molecule has 2 heteroatoms. The van der Waals surface area contributed by atoms with E-state index in [9.17, 15) is 4.39 Å². The summed E-state index contributed by atoms with van der Waals surface area (Å²) in [5.74, 6) is -0.170. The van der Waals surface area contributed by atoms with Crippen LogP contribution in [0.15, 0.2) is 24.3 Å². The van der Waals surface area contributed by atoms with E-state index in [1.807, 2.05) is 6.07 Å². The molecule has 1 aromatic rings. The van der Waals surface area contributed by atoms with Gasteiger partial charge in [-0.2, -0.15) is 0 Å². The van der Waals surface area contributed by atoms with Crippen molar-refractivity contribution in [3.63, 3.8) is 0 Å². The first-order valence-corrected chi connectivity index (χ1v) is 4.67. The van der Waals surface area contributed by atoms with Crippen LogP contribution in [-0.2, 0) is 0 Å². The van der Waals surface area contributed by atoms with Crippen LogP contribution in [0.2, 0.25) is 0 Å². The summed E-state index contributed by atoms with van der Waals surface area (Å²) in [5, 5.41) is 0.